The quantitative estimate of drug-likeness (QED) is 0.364. The van der Waals surface area contributed by atoms with Gasteiger partial charge in [-0.2, -0.15) is 0 Å². The number of ether oxygens (including phenoxy) is 1. The predicted molar refractivity (Wildman–Crippen MR) is 124 cm³/mol. The van der Waals surface area contributed by atoms with E-state index in [1.165, 1.54) is 0 Å². The Hall–Kier alpha value is -3.71. The number of hydrogen-bond donors (Lipinski definition) is 1. The predicted octanol–water partition coefficient (Wildman–Crippen LogP) is 5.39. The lowest BCUT2D eigenvalue weighted by Gasteiger charge is -2.12. The number of fused-ring (bicyclic) bond motifs is 1. The first-order chi connectivity index (χ1) is 15.7. The van der Waals surface area contributed by atoms with E-state index < -0.39 is 0 Å². The molecule has 160 valence electrons. The zero-order valence-electron chi connectivity index (χ0n) is 17.5. The van der Waals surface area contributed by atoms with Crippen LogP contribution in [0.3, 0.4) is 0 Å². The Kier molecular flexibility index (Phi) is 5.56. The molecule has 1 N–H and O–H groups in total. The molecule has 0 aliphatic rings. The van der Waals surface area contributed by atoms with Gasteiger partial charge in [-0.3, -0.25) is 4.98 Å². The highest BCUT2D eigenvalue weighted by molar-refractivity contribution is 6.30. The fraction of sp³-hybridized carbons (Fsp3) is 0.167. The molecule has 0 spiro atoms. The van der Waals surface area contributed by atoms with Crippen LogP contribution in [0.1, 0.15) is 24.6 Å². The molecule has 0 atom stereocenters. The maximum Gasteiger partial charge on any atom is 0.196 e. The summed E-state index contributed by atoms with van der Waals surface area (Å²) in [5.41, 5.74) is 4.81. The minimum Gasteiger partial charge on any atom is -0.488 e. The first kappa shape index (κ1) is 20.2. The molecule has 5 rings (SSSR count). The lowest BCUT2D eigenvalue weighted by atomic mass is 10.1. The molecule has 0 fully saturated rings. The number of hydrogen-bond acceptors (Lipinski definition) is 5. The Morgan fingerprint density at radius 1 is 1.06 bits per heavy atom. The van der Waals surface area contributed by atoms with Gasteiger partial charge in [-0.25, -0.2) is 5.10 Å². The average Bonchev–Trinajstić information content (AvgIpc) is 3.48. The maximum atomic E-state index is 6.24. The summed E-state index contributed by atoms with van der Waals surface area (Å²) in [6.07, 6.45) is 3.81. The minimum absolute atomic E-state index is 0.463. The minimum atomic E-state index is 0.463. The zero-order valence-corrected chi connectivity index (χ0v) is 18.3. The Labute approximate surface area is 190 Å². The molecule has 3 heterocycles. The standard InChI is InChI=1S/C24H21ClN6O/c1-2-5-18-13-23(20-6-3-4-7-21(20)26-18)32-15-16-8-10-19(11-9-16)31-14-17(25)12-22(31)24-27-29-30-28-24/h3-4,6-14H,2,5,15H2,1H3,(H,27,28,29,30). The second-order valence-corrected chi connectivity index (χ2v) is 7.93. The van der Waals surface area contributed by atoms with Crippen LogP contribution in [0.4, 0.5) is 0 Å². The van der Waals surface area contributed by atoms with Crippen LogP contribution in [-0.2, 0) is 13.0 Å². The number of benzene rings is 2. The Balaban J connectivity index is 1.38. The summed E-state index contributed by atoms with van der Waals surface area (Å²) >= 11 is 6.24. The van der Waals surface area contributed by atoms with Crippen LogP contribution in [0.25, 0.3) is 28.1 Å². The van der Waals surface area contributed by atoms with Crippen LogP contribution in [0.5, 0.6) is 5.75 Å². The van der Waals surface area contributed by atoms with Gasteiger partial charge in [0.05, 0.1) is 16.2 Å². The molecule has 0 saturated carbocycles. The van der Waals surface area contributed by atoms with Crippen LogP contribution in [-0.4, -0.2) is 30.2 Å². The third-order valence-corrected chi connectivity index (χ3v) is 5.43. The number of H-pyrrole nitrogens is 1. The smallest absolute Gasteiger partial charge is 0.196 e. The highest BCUT2D eigenvalue weighted by Gasteiger charge is 2.12. The summed E-state index contributed by atoms with van der Waals surface area (Å²) < 4.78 is 8.17. The number of aromatic amines is 1. The fourth-order valence-electron chi connectivity index (χ4n) is 3.71. The molecule has 0 radical (unpaired) electrons. The van der Waals surface area contributed by atoms with Crippen LogP contribution in [0.15, 0.2) is 66.9 Å². The molecule has 0 bridgehead atoms. The lowest BCUT2D eigenvalue weighted by molar-refractivity contribution is 0.309. The van der Waals surface area contributed by atoms with Crippen molar-refractivity contribution in [2.45, 2.75) is 26.4 Å². The van der Waals surface area contributed by atoms with Gasteiger partial charge in [-0.15, -0.1) is 5.10 Å². The van der Waals surface area contributed by atoms with Crippen LogP contribution >= 0.6 is 11.6 Å². The van der Waals surface area contributed by atoms with E-state index in [4.69, 9.17) is 21.3 Å². The van der Waals surface area contributed by atoms with Gasteiger partial charge in [0, 0.05) is 29.0 Å². The summed E-state index contributed by atoms with van der Waals surface area (Å²) in [7, 11) is 0. The van der Waals surface area contributed by atoms with Crippen molar-refractivity contribution in [1.29, 1.82) is 0 Å². The zero-order chi connectivity index (χ0) is 21.9. The number of nitrogens with zero attached hydrogens (tertiary/aromatic N) is 5. The van der Waals surface area contributed by atoms with Crippen LogP contribution < -0.4 is 4.74 Å². The van der Waals surface area contributed by atoms with E-state index in [2.05, 4.69) is 33.6 Å². The van der Waals surface area contributed by atoms with Crippen molar-refractivity contribution in [3.05, 3.63) is 83.1 Å². The molecule has 5 aromatic rings. The first-order valence-electron chi connectivity index (χ1n) is 10.4. The van der Waals surface area contributed by atoms with Crippen molar-refractivity contribution >= 4 is 22.5 Å². The van der Waals surface area contributed by atoms with E-state index in [1.807, 2.05) is 65.4 Å². The van der Waals surface area contributed by atoms with Crippen molar-refractivity contribution < 1.29 is 4.74 Å². The van der Waals surface area contributed by atoms with E-state index >= 15 is 0 Å². The van der Waals surface area contributed by atoms with E-state index in [-0.39, 0.29) is 0 Å². The Morgan fingerprint density at radius 2 is 1.91 bits per heavy atom. The molecule has 0 unspecified atom stereocenters. The number of tetrazole rings is 1. The largest absolute Gasteiger partial charge is 0.488 e. The van der Waals surface area contributed by atoms with Gasteiger partial charge in [-0.05, 0) is 52.7 Å². The third kappa shape index (κ3) is 4.07. The van der Waals surface area contributed by atoms with Crippen molar-refractivity contribution in [2.24, 2.45) is 0 Å². The Bertz CT molecular complexity index is 1350. The SMILES string of the molecule is CCCc1cc(OCc2ccc(-n3cc(Cl)cc3-c3nnn[nH]3)cc2)c2ccccc2n1. The Morgan fingerprint density at radius 3 is 2.69 bits per heavy atom. The number of rotatable bonds is 7. The molecule has 0 amide bonds. The lowest BCUT2D eigenvalue weighted by Crippen LogP contribution is -2.00. The molecule has 7 nitrogen and oxygen atoms in total. The third-order valence-electron chi connectivity index (χ3n) is 5.22. The van der Waals surface area contributed by atoms with Crippen molar-refractivity contribution in [2.75, 3.05) is 0 Å². The average molecular weight is 445 g/mol. The van der Waals surface area contributed by atoms with Gasteiger partial charge in [0.2, 0.25) is 0 Å². The van der Waals surface area contributed by atoms with Gasteiger partial charge in [0.15, 0.2) is 5.82 Å². The molecule has 0 saturated heterocycles. The van der Waals surface area contributed by atoms with Gasteiger partial charge in [0.25, 0.3) is 0 Å². The maximum absolute atomic E-state index is 6.24. The van der Waals surface area contributed by atoms with Crippen molar-refractivity contribution in [3.8, 4) is 23.0 Å². The molecule has 0 aliphatic heterocycles. The molecular formula is C24H21ClN6O. The molecule has 0 aliphatic carbocycles. The number of aromatic nitrogens is 6. The molecular weight excluding hydrogens is 424 g/mol. The highest BCUT2D eigenvalue weighted by Crippen LogP contribution is 2.28. The number of nitrogens with one attached hydrogen (secondary N) is 1. The van der Waals surface area contributed by atoms with E-state index in [0.717, 1.165) is 52.1 Å². The van der Waals surface area contributed by atoms with Crippen molar-refractivity contribution in [1.82, 2.24) is 30.2 Å². The molecule has 2 aromatic carbocycles. The van der Waals surface area contributed by atoms with Crippen molar-refractivity contribution in [3.63, 3.8) is 0 Å². The number of halogens is 1. The van der Waals surface area contributed by atoms with Gasteiger partial charge < -0.3 is 9.30 Å². The first-order valence-corrected chi connectivity index (χ1v) is 10.8. The number of pyridine rings is 1. The summed E-state index contributed by atoms with van der Waals surface area (Å²) in [4.78, 5) is 4.75. The summed E-state index contributed by atoms with van der Waals surface area (Å²) in [6, 6.07) is 20.1. The molecule has 3 aromatic heterocycles. The summed E-state index contributed by atoms with van der Waals surface area (Å²) in [5, 5.41) is 15.7. The van der Waals surface area contributed by atoms with Gasteiger partial charge >= 0.3 is 0 Å². The van der Waals surface area contributed by atoms with Crippen LogP contribution in [0, 0.1) is 0 Å². The van der Waals surface area contributed by atoms with Gasteiger partial charge in [-0.1, -0.05) is 49.2 Å². The molecule has 32 heavy (non-hydrogen) atoms. The number of para-hydroxylation sites is 1. The summed E-state index contributed by atoms with van der Waals surface area (Å²) in [5.74, 6) is 1.41. The fourth-order valence-corrected chi connectivity index (χ4v) is 3.91. The monoisotopic (exact) mass is 444 g/mol. The highest BCUT2D eigenvalue weighted by atomic mass is 35.5. The van der Waals surface area contributed by atoms with Crippen LogP contribution in [0.2, 0.25) is 5.02 Å². The van der Waals surface area contributed by atoms with E-state index in [0.29, 0.717) is 17.5 Å². The summed E-state index contributed by atoms with van der Waals surface area (Å²) in [6.45, 7) is 2.62. The molecule has 8 heteroatoms. The second kappa shape index (κ2) is 8.80. The topological polar surface area (TPSA) is 81.5 Å². The second-order valence-electron chi connectivity index (χ2n) is 7.50. The normalized spacial score (nSPS) is 11.2. The number of aryl methyl sites for hydroxylation is 1. The van der Waals surface area contributed by atoms with E-state index in [1.54, 1.807) is 0 Å². The van der Waals surface area contributed by atoms with Gasteiger partial charge in [0.1, 0.15) is 12.4 Å². The van der Waals surface area contributed by atoms with E-state index in [9.17, 15) is 0 Å².